The molecule has 31 heavy (non-hydrogen) atoms. The zero-order chi connectivity index (χ0) is 22.0. The summed E-state index contributed by atoms with van der Waals surface area (Å²) in [7, 11) is -0.966. The Morgan fingerprint density at radius 1 is 0.806 bits per heavy atom. The van der Waals surface area contributed by atoms with Crippen LogP contribution >= 0.6 is 0 Å². The number of hydrogen-bond donors (Lipinski definition) is 0. The van der Waals surface area contributed by atoms with E-state index in [0.717, 1.165) is 0 Å². The summed E-state index contributed by atoms with van der Waals surface area (Å²) in [6.45, 7) is 0. The van der Waals surface area contributed by atoms with Crippen molar-refractivity contribution in [2.24, 2.45) is 0 Å². The monoisotopic (exact) mass is 438 g/mol. The van der Waals surface area contributed by atoms with Gasteiger partial charge in [-0.05, 0) is 48.0 Å². The summed E-state index contributed by atoms with van der Waals surface area (Å²) in [5, 5.41) is 0.605. The summed E-state index contributed by atoms with van der Waals surface area (Å²) >= 11 is 0. The standard InChI is InChI=1S/C23H18O7S/c1-27-20-11-9-15(13-22(20)28-2)19-12-16-8-10-17(14-21(16)29-23(19)24)30-31(25,26)18-6-4-3-5-7-18/h3-14H,1-2H3. The van der Waals surface area contributed by atoms with Gasteiger partial charge >= 0.3 is 15.7 Å². The fourth-order valence-electron chi connectivity index (χ4n) is 3.11. The van der Waals surface area contributed by atoms with E-state index in [1.807, 2.05) is 0 Å². The predicted octanol–water partition coefficient (Wildman–Crippen LogP) is 4.24. The highest BCUT2D eigenvalue weighted by atomic mass is 32.2. The summed E-state index contributed by atoms with van der Waals surface area (Å²) in [5.74, 6) is 1.06. The SMILES string of the molecule is COc1ccc(-c2cc3ccc(OS(=O)(=O)c4ccccc4)cc3oc2=O)cc1OC. The molecule has 1 heterocycles. The molecule has 0 saturated carbocycles. The molecule has 0 aliphatic rings. The van der Waals surface area contributed by atoms with Gasteiger partial charge in [0.25, 0.3) is 0 Å². The van der Waals surface area contributed by atoms with Crippen molar-refractivity contribution in [3.8, 4) is 28.4 Å². The molecular formula is C23H18O7S. The summed E-state index contributed by atoms with van der Waals surface area (Å²) in [6, 6.07) is 19.1. The number of benzene rings is 3. The molecule has 0 aliphatic heterocycles. The van der Waals surface area contributed by atoms with Crippen LogP contribution in [0.2, 0.25) is 0 Å². The minimum atomic E-state index is -4.00. The molecule has 0 atom stereocenters. The van der Waals surface area contributed by atoms with Crippen LogP contribution in [0.1, 0.15) is 0 Å². The van der Waals surface area contributed by atoms with Gasteiger partial charge < -0.3 is 18.1 Å². The Hall–Kier alpha value is -3.78. The van der Waals surface area contributed by atoms with Crippen LogP contribution in [0, 0.1) is 0 Å². The first-order chi connectivity index (χ1) is 14.9. The van der Waals surface area contributed by atoms with Gasteiger partial charge in [0, 0.05) is 11.5 Å². The zero-order valence-corrected chi connectivity index (χ0v) is 17.5. The second-order valence-electron chi connectivity index (χ2n) is 6.57. The van der Waals surface area contributed by atoms with E-state index in [0.29, 0.717) is 28.0 Å². The molecule has 0 fully saturated rings. The van der Waals surface area contributed by atoms with Crippen molar-refractivity contribution in [2.75, 3.05) is 14.2 Å². The number of rotatable bonds is 6. The highest BCUT2D eigenvalue weighted by Gasteiger charge is 2.17. The Kier molecular flexibility index (Phi) is 5.39. The third-order valence-corrected chi connectivity index (χ3v) is 5.90. The minimum Gasteiger partial charge on any atom is -0.493 e. The average molecular weight is 438 g/mol. The number of methoxy groups -OCH3 is 2. The Labute approximate surface area is 178 Å². The van der Waals surface area contributed by atoms with Crippen molar-refractivity contribution in [2.45, 2.75) is 4.90 Å². The van der Waals surface area contributed by atoms with Crippen LogP contribution in [-0.4, -0.2) is 22.6 Å². The maximum Gasteiger partial charge on any atom is 0.344 e. The first kappa shape index (κ1) is 20.5. The van der Waals surface area contributed by atoms with E-state index >= 15 is 0 Å². The molecule has 4 rings (SSSR count). The van der Waals surface area contributed by atoms with Crippen molar-refractivity contribution >= 4 is 21.1 Å². The molecule has 0 spiro atoms. The van der Waals surface area contributed by atoms with E-state index in [1.165, 1.54) is 38.5 Å². The normalized spacial score (nSPS) is 11.3. The Bertz CT molecular complexity index is 1410. The van der Waals surface area contributed by atoms with E-state index < -0.39 is 15.7 Å². The topological polar surface area (TPSA) is 92.0 Å². The van der Waals surface area contributed by atoms with E-state index in [2.05, 4.69) is 0 Å². The van der Waals surface area contributed by atoms with Crippen molar-refractivity contribution in [3.05, 3.63) is 83.2 Å². The second-order valence-corrected chi connectivity index (χ2v) is 8.11. The lowest BCUT2D eigenvalue weighted by Crippen LogP contribution is -2.09. The molecule has 0 saturated heterocycles. The van der Waals surface area contributed by atoms with Gasteiger partial charge in [0.2, 0.25) is 0 Å². The van der Waals surface area contributed by atoms with Gasteiger partial charge in [0.1, 0.15) is 16.2 Å². The second kappa shape index (κ2) is 8.16. The maximum absolute atomic E-state index is 12.6. The lowest BCUT2D eigenvalue weighted by molar-refractivity contribution is 0.355. The molecule has 1 aromatic heterocycles. The molecule has 8 heteroatoms. The fourth-order valence-corrected chi connectivity index (χ4v) is 4.05. The van der Waals surface area contributed by atoms with Crippen LogP contribution in [0.15, 0.2) is 86.9 Å². The maximum atomic E-state index is 12.6. The van der Waals surface area contributed by atoms with Crippen LogP contribution in [0.4, 0.5) is 0 Å². The van der Waals surface area contributed by atoms with E-state index in [1.54, 1.807) is 48.5 Å². The number of ether oxygens (including phenoxy) is 2. The van der Waals surface area contributed by atoms with Gasteiger partial charge in [-0.25, -0.2) is 4.79 Å². The van der Waals surface area contributed by atoms with Crippen molar-refractivity contribution in [3.63, 3.8) is 0 Å². The van der Waals surface area contributed by atoms with Crippen LogP contribution in [0.3, 0.4) is 0 Å². The summed E-state index contributed by atoms with van der Waals surface area (Å²) in [6.07, 6.45) is 0. The zero-order valence-electron chi connectivity index (χ0n) is 16.7. The predicted molar refractivity (Wildman–Crippen MR) is 115 cm³/mol. The smallest absolute Gasteiger partial charge is 0.344 e. The Balaban J connectivity index is 1.71. The summed E-state index contributed by atoms with van der Waals surface area (Å²) in [5.41, 5.74) is 0.553. The van der Waals surface area contributed by atoms with Gasteiger partial charge in [0.15, 0.2) is 11.5 Å². The molecule has 0 aliphatic carbocycles. The van der Waals surface area contributed by atoms with Crippen LogP contribution < -0.4 is 19.3 Å². The lowest BCUT2D eigenvalue weighted by Gasteiger charge is -2.10. The third-order valence-electron chi connectivity index (χ3n) is 4.64. The third kappa shape index (κ3) is 4.10. The molecule has 0 N–H and O–H groups in total. The van der Waals surface area contributed by atoms with E-state index in [-0.39, 0.29) is 16.2 Å². The average Bonchev–Trinajstić information content (AvgIpc) is 2.78. The lowest BCUT2D eigenvalue weighted by atomic mass is 10.1. The first-order valence-electron chi connectivity index (χ1n) is 9.21. The highest BCUT2D eigenvalue weighted by Crippen LogP contribution is 2.32. The molecule has 0 bridgehead atoms. The van der Waals surface area contributed by atoms with Gasteiger partial charge in [-0.1, -0.05) is 24.3 Å². The Morgan fingerprint density at radius 2 is 1.55 bits per heavy atom. The van der Waals surface area contributed by atoms with Gasteiger partial charge in [0.05, 0.1) is 19.8 Å². The highest BCUT2D eigenvalue weighted by molar-refractivity contribution is 7.87. The van der Waals surface area contributed by atoms with Crippen LogP contribution in [-0.2, 0) is 10.1 Å². The molecular weight excluding hydrogens is 420 g/mol. The summed E-state index contributed by atoms with van der Waals surface area (Å²) < 4.78 is 46.0. The number of hydrogen-bond acceptors (Lipinski definition) is 7. The first-order valence-corrected chi connectivity index (χ1v) is 10.6. The van der Waals surface area contributed by atoms with E-state index in [9.17, 15) is 13.2 Å². The molecule has 0 radical (unpaired) electrons. The summed E-state index contributed by atoms with van der Waals surface area (Å²) in [4.78, 5) is 12.6. The quantitative estimate of drug-likeness (QED) is 0.328. The molecule has 3 aromatic carbocycles. The molecule has 0 amide bonds. The van der Waals surface area contributed by atoms with Crippen molar-refractivity contribution in [1.82, 2.24) is 0 Å². The van der Waals surface area contributed by atoms with Gasteiger partial charge in [-0.15, -0.1) is 0 Å². The molecule has 4 aromatic rings. The van der Waals surface area contributed by atoms with Crippen molar-refractivity contribution < 1.29 is 26.5 Å². The fraction of sp³-hybridized carbons (Fsp3) is 0.0870. The van der Waals surface area contributed by atoms with Crippen LogP contribution in [0.25, 0.3) is 22.1 Å². The Morgan fingerprint density at radius 3 is 2.26 bits per heavy atom. The number of fused-ring (bicyclic) bond motifs is 1. The molecule has 7 nitrogen and oxygen atoms in total. The van der Waals surface area contributed by atoms with E-state index in [4.69, 9.17) is 18.1 Å². The molecule has 0 unspecified atom stereocenters. The van der Waals surface area contributed by atoms with Gasteiger partial charge in [-0.2, -0.15) is 8.42 Å². The largest absolute Gasteiger partial charge is 0.493 e. The van der Waals surface area contributed by atoms with Gasteiger partial charge in [-0.3, -0.25) is 0 Å². The molecule has 158 valence electrons. The van der Waals surface area contributed by atoms with Crippen LogP contribution in [0.5, 0.6) is 17.2 Å². The minimum absolute atomic E-state index is 0.0281. The van der Waals surface area contributed by atoms with Crippen molar-refractivity contribution in [1.29, 1.82) is 0 Å².